The van der Waals surface area contributed by atoms with Crippen LogP contribution in [0.2, 0.25) is 0 Å². The Bertz CT molecular complexity index is 806. The quantitative estimate of drug-likeness (QED) is 0.526. The predicted molar refractivity (Wildman–Crippen MR) is 119 cm³/mol. The number of para-hydroxylation sites is 1. The summed E-state index contributed by atoms with van der Waals surface area (Å²) in [6, 6.07) is 10.3. The molecule has 2 aromatic rings. The first kappa shape index (κ1) is 21.4. The third kappa shape index (κ3) is 5.18. The zero-order valence-corrected chi connectivity index (χ0v) is 18.3. The monoisotopic (exact) mass is 397 g/mol. The molecule has 1 aliphatic rings. The summed E-state index contributed by atoms with van der Waals surface area (Å²) >= 11 is 0. The van der Waals surface area contributed by atoms with Crippen molar-refractivity contribution in [3.05, 3.63) is 47.3 Å². The van der Waals surface area contributed by atoms with Crippen LogP contribution in [0.25, 0.3) is 5.69 Å². The standard InChI is InChI=1S/C23H35N5O/c1-18-21(19(2)28(27-18)20-10-6-5-7-11-20)16-25-22(24-3)26-17-23(14-15-29-4)12-8-9-13-23/h5-7,10-11H,8-9,12-17H2,1-4H3,(H2,24,25,26). The number of ether oxygens (including phenoxy) is 1. The van der Waals surface area contributed by atoms with Crippen molar-refractivity contribution in [2.45, 2.75) is 52.5 Å². The lowest BCUT2D eigenvalue weighted by atomic mass is 9.83. The van der Waals surface area contributed by atoms with Gasteiger partial charge >= 0.3 is 0 Å². The van der Waals surface area contributed by atoms with E-state index in [0.29, 0.717) is 12.0 Å². The molecule has 0 bridgehead atoms. The number of hydrogen-bond acceptors (Lipinski definition) is 3. The van der Waals surface area contributed by atoms with E-state index in [-0.39, 0.29) is 0 Å². The molecule has 0 atom stereocenters. The van der Waals surface area contributed by atoms with Crippen LogP contribution in [0.15, 0.2) is 35.3 Å². The molecule has 6 heteroatoms. The first-order valence-electron chi connectivity index (χ1n) is 10.6. The molecule has 0 unspecified atom stereocenters. The van der Waals surface area contributed by atoms with Gasteiger partial charge in [-0.05, 0) is 50.7 Å². The molecule has 1 saturated carbocycles. The average Bonchev–Trinajstić information content (AvgIpc) is 3.32. The van der Waals surface area contributed by atoms with Crippen molar-refractivity contribution in [3.63, 3.8) is 0 Å². The third-order valence-electron chi connectivity index (χ3n) is 6.23. The van der Waals surface area contributed by atoms with Gasteiger partial charge in [-0.25, -0.2) is 4.68 Å². The lowest BCUT2D eigenvalue weighted by molar-refractivity contribution is 0.138. The van der Waals surface area contributed by atoms with Gasteiger partial charge in [-0.15, -0.1) is 0 Å². The number of nitrogens with one attached hydrogen (secondary N) is 2. The molecule has 1 heterocycles. The summed E-state index contributed by atoms with van der Waals surface area (Å²) < 4.78 is 7.36. The number of rotatable bonds is 8. The topological polar surface area (TPSA) is 63.5 Å². The Morgan fingerprint density at radius 2 is 1.90 bits per heavy atom. The van der Waals surface area contributed by atoms with E-state index < -0.39 is 0 Å². The summed E-state index contributed by atoms with van der Waals surface area (Å²) in [7, 11) is 3.62. The van der Waals surface area contributed by atoms with E-state index in [0.717, 1.165) is 42.6 Å². The van der Waals surface area contributed by atoms with Gasteiger partial charge in [-0.2, -0.15) is 5.10 Å². The Morgan fingerprint density at radius 3 is 2.55 bits per heavy atom. The van der Waals surface area contributed by atoms with Crippen molar-refractivity contribution in [2.24, 2.45) is 10.4 Å². The fourth-order valence-corrected chi connectivity index (χ4v) is 4.37. The predicted octanol–water partition coefficient (Wildman–Crippen LogP) is 3.75. The van der Waals surface area contributed by atoms with Crippen LogP contribution in [-0.4, -0.2) is 43.0 Å². The lowest BCUT2D eigenvalue weighted by Gasteiger charge is -2.30. The van der Waals surface area contributed by atoms with E-state index >= 15 is 0 Å². The molecule has 1 aromatic heterocycles. The maximum Gasteiger partial charge on any atom is 0.191 e. The molecule has 0 spiro atoms. The number of methoxy groups -OCH3 is 1. The molecule has 1 aliphatic carbocycles. The molecule has 0 saturated heterocycles. The number of aryl methyl sites for hydroxylation is 1. The molecular weight excluding hydrogens is 362 g/mol. The van der Waals surface area contributed by atoms with E-state index in [1.165, 1.54) is 31.2 Å². The molecular formula is C23H35N5O. The van der Waals surface area contributed by atoms with Crippen molar-refractivity contribution >= 4 is 5.96 Å². The molecule has 1 aromatic carbocycles. The van der Waals surface area contributed by atoms with Gasteiger partial charge in [-0.1, -0.05) is 31.0 Å². The minimum Gasteiger partial charge on any atom is -0.385 e. The molecule has 29 heavy (non-hydrogen) atoms. The Labute approximate surface area is 174 Å². The number of benzene rings is 1. The molecule has 0 amide bonds. The van der Waals surface area contributed by atoms with Crippen molar-refractivity contribution in [1.29, 1.82) is 0 Å². The van der Waals surface area contributed by atoms with Crippen LogP contribution in [0.1, 0.15) is 49.1 Å². The summed E-state index contributed by atoms with van der Waals surface area (Å²) in [6.07, 6.45) is 6.27. The normalized spacial score (nSPS) is 16.2. The third-order valence-corrected chi connectivity index (χ3v) is 6.23. The summed E-state index contributed by atoms with van der Waals surface area (Å²) in [4.78, 5) is 4.44. The fourth-order valence-electron chi connectivity index (χ4n) is 4.37. The van der Waals surface area contributed by atoms with Gasteiger partial charge in [0.05, 0.1) is 11.4 Å². The second-order valence-corrected chi connectivity index (χ2v) is 8.13. The van der Waals surface area contributed by atoms with Gasteiger partial charge in [0.1, 0.15) is 0 Å². The number of hydrogen-bond donors (Lipinski definition) is 2. The Hall–Kier alpha value is -2.34. The highest BCUT2D eigenvalue weighted by Crippen LogP contribution is 2.40. The number of nitrogens with zero attached hydrogens (tertiary/aromatic N) is 3. The smallest absolute Gasteiger partial charge is 0.191 e. The van der Waals surface area contributed by atoms with Gasteiger partial charge in [0.15, 0.2) is 5.96 Å². The second kappa shape index (κ2) is 9.92. The summed E-state index contributed by atoms with van der Waals surface area (Å²) in [5, 5.41) is 11.8. The van der Waals surface area contributed by atoms with Crippen LogP contribution in [0.3, 0.4) is 0 Å². The molecule has 158 valence electrons. The van der Waals surface area contributed by atoms with Crippen LogP contribution in [0, 0.1) is 19.3 Å². The molecule has 2 N–H and O–H groups in total. The van der Waals surface area contributed by atoms with Crippen molar-refractivity contribution < 1.29 is 4.74 Å². The maximum atomic E-state index is 5.35. The largest absolute Gasteiger partial charge is 0.385 e. The molecule has 3 rings (SSSR count). The minimum atomic E-state index is 0.331. The molecule has 0 radical (unpaired) electrons. The van der Waals surface area contributed by atoms with E-state index in [1.807, 2.05) is 29.9 Å². The lowest BCUT2D eigenvalue weighted by Crippen LogP contribution is -2.43. The number of guanidine groups is 1. The van der Waals surface area contributed by atoms with Crippen molar-refractivity contribution in [1.82, 2.24) is 20.4 Å². The zero-order chi connectivity index (χ0) is 20.7. The fraction of sp³-hybridized carbons (Fsp3) is 0.565. The van der Waals surface area contributed by atoms with Crippen LogP contribution in [-0.2, 0) is 11.3 Å². The highest BCUT2D eigenvalue weighted by molar-refractivity contribution is 5.79. The van der Waals surface area contributed by atoms with Gasteiger partial charge in [0.25, 0.3) is 0 Å². The summed E-state index contributed by atoms with van der Waals surface area (Å²) in [5.74, 6) is 0.847. The van der Waals surface area contributed by atoms with Crippen LogP contribution >= 0.6 is 0 Å². The summed E-state index contributed by atoms with van der Waals surface area (Å²) in [5.41, 5.74) is 4.83. The number of aliphatic imine (C=N–C) groups is 1. The Morgan fingerprint density at radius 1 is 1.17 bits per heavy atom. The molecule has 1 fully saturated rings. The first-order valence-corrected chi connectivity index (χ1v) is 10.6. The Balaban J connectivity index is 1.62. The average molecular weight is 398 g/mol. The van der Waals surface area contributed by atoms with E-state index in [2.05, 4.69) is 41.6 Å². The van der Waals surface area contributed by atoms with Crippen molar-refractivity contribution in [2.75, 3.05) is 27.3 Å². The van der Waals surface area contributed by atoms with E-state index in [9.17, 15) is 0 Å². The highest BCUT2D eigenvalue weighted by Gasteiger charge is 2.33. The SMILES string of the molecule is CN=C(NCc1c(C)nn(-c2ccccc2)c1C)NCC1(CCOC)CCCC1. The summed E-state index contributed by atoms with van der Waals surface area (Å²) in [6.45, 7) is 6.66. The van der Waals surface area contributed by atoms with Crippen LogP contribution < -0.4 is 10.6 Å². The first-order chi connectivity index (χ1) is 14.1. The van der Waals surface area contributed by atoms with Gasteiger partial charge in [-0.3, -0.25) is 4.99 Å². The zero-order valence-electron chi connectivity index (χ0n) is 18.3. The molecule has 6 nitrogen and oxygen atoms in total. The van der Waals surface area contributed by atoms with E-state index in [1.54, 1.807) is 7.11 Å². The van der Waals surface area contributed by atoms with Gasteiger partial charge in [0, 0.05) is 45.1 Å². The Kier molecular flexibility index (Phi) is 7.31. The van der Waals surface area contributed by atoms with Gasteiger partial charge < -0.3 is 15.4 Å². The highest BCUT2D eigenvalue weighted by atomic mass is 16.5. The minimum absolute atomic E-state index is 0.331. The van der Waals surface area contributed by atoms with Gasteiger partial charge in [0.2, 0.25) is 0 Å². The van der Waals surface area contributed by atoms with Crippen molar-refractivity contribution in [3.8, 4) is 5.69 Å². The van der Waals surface area contributed by atoms with Crippen LogP contribution in [0.4, 0.5) is 0 Å². The molecule has 0 aliphatic heterocycles. The number of aromatic nitrogens is 2. The second-order valence-electron chi connectivity index (χ2n) is 8.13. The van der Waals surface area contributed by atoms with E-state index in [4.69, 9.17) is 9.84 Å². The maximum absolute atomic E-state index is 5.35. The van der Waals surface area contributed by atoms with Crippen LogP contribution in [0.5, 0.6) is 0 Å².